The maximum absolute atomic E-state index is 12.3. The first kappa shape index (κ1) is 21.4. The lowest BCUT2D eigenvalue weighted by molar-refractivity contribution is -0.121. The largest absolute Gasteiger partial charge is 0.354 e. The van der Waals surface area contributed by atoms with Crippen molar-refractivity contribution in [2.75, 3.05) is 26.2 Å². The van der Waals surface area contributed by atoms with Gasteiger partial charge in [0, 0.05) is 18.6 Å². The third-order valence-electron chi connectivity index (χ3n) is 6.11. The summed E-state index contributed by atoms with van der Waals surface area (Å²) in [4.78, 5) is 15.0. The zero-order valence-electron chi connectivity index (χ0n) is 15.1. The van der Waals surface area contributed by atoms with Crippen LogP contribution in [-0.4, -0.2) is 59.4 Å². The summed E-state index contributed by atoms with van der Waals surface area (Å²) >= 11 is 0. The van der Waals surface area contributed by atoms with Crippen LogP contribution in [0.25, 0.3) is 0 Å². The van der Waals surface area contributed by atoms with Gasteiger partial charge in [-0.05, 0) is 57.7 Å². The SMILES string of the molecule is Cc1nonc1CC(=O)NC[C@H]1[C@@H]2CNC[C@@H](C2)[C@@H]2CCCCN21.Cl.Cl. The van der Waals surface area contributed by atoms with Crippen molar-refractivity contribution in [3.05, 3.63) is 11.4 Å². The number of rotatable bonds is 4. The molecule has 0 unspecified atom stereocenters. The molecule has 2 N–H and O–H groups in total. The van der Waals surface area contributed by atoms with Crippen LogP contribution in [-0.2, 0) is 11.2 Å². The second kappa shape index (κ2) is 9.35. The molecule has 3 fully saturated rings. The van der Waals surface area contributed by atoms with Crippen LogP contribution in [0.1, 0.15) is 37.1 Å². The number of aryl methyl sites for hydroxylation is 1. The van der Waals surface area contributed by atoms with Gasteiger partial charge in [0.1, 0.15) is 11.4 Å². The number of fused-ring (bicyclic) bond motifs is 4. The van der Waals surface area contributed by atoms with Crippen molar-refractivity contribution in [3.8, 4) is 0 Å². The van der Waals surface area contributed by atoms with Crippen LogP contribution in [0.15, 0.2) is 4.63 Å². The first-order valence-corrected chi connectivity index (χ1v) is 9.23. The Morgan fingerprint density at radius 2 is 2.08 bits per heavy atom. The Kier molecular flexibility index (Phi) is 7.70. The van der Waals surface area contributed by atoms with Crippen LogP contribution in [0.4, 0.5) is 0 Å². The predicted octanol–water partition coefficient (Wildman–Crippen LogP) is 1.34. The van der Waals surface area contributed by atoms with Crippen molar-refractivity contribution in [2.24, 2.45) is 11.8 Å². The third kappa shape index (κ3) is 4.32. The highest BCUT2D eigenvalue weighted by atomic mass is 35.5. The van der Waals surface area contributed by atoms with Gasteiger partial charge < -0.3 is 10.6 Å². The zero-order chi connectivity index (χ0) is 16.5. The highest BCUT2D eigenvalue weighted by Crippen LogP contribution is 2.38. The first-order valence-electron chi connectivity index (χ1n) is 9.23. The number of hydrogen-bond acceptors (Lipinski definition) is 6. The molecule has 1 aromatic rings. The molecule has 7 nitrogen and oxygen atoms in total. The van der Waals surface area contributed by atoms with E-state index < -0.39 is 0 Å². The minimum atomic E-state index is 0. The van der Waals surface area contributed by atoms with Crippen LogP contribution in [0.5, 0.6) is 0 Å². The fraction of sp³-hybridized carbons (Fsp3) is 0.824. The lowest BCUT2D eigenvalue weighted by Gasteiger charge is -2.55. The molecule has 1 aromatic heterocycles. The van der Waals surface area contributed by atoms with E-state index in [9.17, 15) is 4.79 Å². The van der Waals surface area contributed by atoms with Crippen molar-refractivity contribution < 1.29 is 9.42 Å². The van der Waals surface area contributed by atoms with E-state index in [0.29, 0.717) is 29.4 Å². The molecule has 148 valence electrons. The maximum Gasteiger partial charge on any atom is 0.226 e. The summed E-state index contributed by atoms with van der Waals surface area (Å²) in [7, 11) is 0. The average molecular weight is 406 g/mol. The number of halogens is 2. The van der Waals surface area contributed by atoms with Gasteiger partial charge in [0.25, 0.3) is 0 Å². The van der Waals surface area contributed by atoms with Gasteiger partial charge in [0.15, 0.2) is 0 Å². The Balaban J connectivity index is 0.00000121. The molecule has 0 saturated carbocycles. The van der Waals surface area contributed by atoms with Crippen molar-refractivity contribution in [2.45, 2.75) is 51.1 Å². The Morgan fingerprint density at radius 3 is 2.85 bits per heavy atom. The topological polar surface area (TPSA) is 83.3 Å². The van der Waals surface area contributed by atoms with Gasteiger partial charge in [0.05, 0.1) is 6.42 Å². The quantitative estimate of drug-likeness (QED) is 0.786. The molecule has 3 aliphatic rings. The summed E-state index contributed by atoms with van der Waals surface area (Å²) in [5.41, 5.74) is 1.32. The Morgan fingerprint density at radius 1 is 1.27 bits per heavy atom. The second-order valence-electron chi connectivity index (χ2n) is 7.56. The molecule has 4 heterocycles. The fourth-order valence-corrected chi connectivity index (χ4v) is 4.89. The average Bonchev–Trinajstić information content (AvgIpc) is 3.00. The molecule has 4 rings (SSSR count). The van der Waals surface area contributed by atoms with Crippen LogP contribution in [0.3, 0.4) is 0 Å². The second-order valence-corrected chi connectivity index (χ2v) is 7.56. The van der Waals surface area contributed by atoms with E-state index >= 15 is 0 Å². The van der Waals surface area contributed by atoms with Crippen LogP contribution in [0.2, 0.25) is 0 Å². The van der Waals surface area contributed by atoms with E-state index in [1.807, 2.05) is 6.92 Å². The van der Waals surface area contributed by atoms with Crippen LogP contribution < -0.4 is 10.6 Å². The molecular formula is C17H29Cl2N5O2. The molecule has 2 bridgehead atoms. The molecule has 0 aliphatic carbocycles. The molecule has 1 amide bonds. The van der Waals surface area contributed by atoms with Crippen molar-refractivity contribution in [1.29, 1.82) is 0 Å². The van der Waals surface area contributed by atoms with Crippen molar-refractivity contribution >= 4 is 30.7 Å². The molecule has 0 spiro atoms. The van der Waals surface area contributed by atoms with Gasteiger partial charge in [-0.1, -0.05) is 16.7 Å². The Labute approximate surface area is 166 Å². The summed E-state index contributed by atoms with van der Waals surface area (Å²) < 4.78 is 4.67. The highest BCUT2D eigenvalue weighted by molar-refractivity contribution is 5.85. The van der Waals surface area contributed by atoms with Gasteiger partial charge >= 0.3 is 0 Å². The first-order chi connectivity index (χ1) is 11.7. The standard InChI is InChI=1S/C17H27N5O2.2ClH/c1-11-14(21-24-20-11)7-17(23)19-10-16-13-6-12(8-18-9-13)15-4-2-3-5-22(15)16;;/h12-13,15-16,18H,2-10H2,1H3,(H,19,23);2*1H/t12-,13+,15+,16+;;/m1../s1. The predicted molar refractivity (Wildman–Crippen MR) is 103 cm³/mol. The van der Waals surface area contributed by atoms with Crippen LogP contribution >= 0.6 is 24.8 Å². The summed E-state index contributed by atoms with van der Waals surface area (Å²) in [6.07, 6.45) is 5.50. The zero-order valence-corrected chi connectivity index (χ0v) is 16.8. The molecule has 4 atom stereocenters. The van der Waals surface area contributed by atoms with Gasteiger partial charge in [-0.3, -0.25) is 9.69 Å². The minimum absolute atomic E-state index is 0. The van der Waals surface area contributed by atoms with Gasteiger partial charge in [-0.2, -0.15) is 0 Å². The summed E-state index contributed by atoms with van der Waals surface area (Å²) in [6.45, 7) is 5.97. The van der Waals surface area contributed by atoms with Gasteiger partial charge in [-0.25, -0.2) is 4.63 Å². The van der Waals surface area contributed by atoms with Crippen molar-refractivity contribution in [1.82, 2.24) is 25.8 Å². The fourth-order valence-electron chi connectivity index (χ4n) is 4.89. The maximum atomic E-state index is 12.3. The van der Waals surface area contributed by atoms with Gasteiger partial charge in [-0.15, -0.1) is 24.8 Å². The Hall–Kier alpha value is -0.890. The summed E-state index contributed by atoms with van der Waals surface area (Å²) in [6, 6.07) is 1.16. The summed E-state index contributed by atoms with van der Waals surface area (Å²) in [5, 5.41) is 14.3. The highest BCUT2D eigenvalue weighted by Gasteiger charge is 2.45. The molecule has 0 radical (unpaired) electrons. The third-order valence-corrected chi connectivity index (χ3v) is 6.11. The lowest BCUT2D eigenvalue weighted by Crippen LogP contribution is -2.65. The number of piperidine rings is 3. The normalized spacial score (nSPS) is 30.5. The van der Waals surface area contributed by atoms with E-state index in [1.54, 1.807) is 0 Å². The van der Waals surface area contributed by atoms with Gasteiger partial charge in [0.2, 0.25) is 5.91 Å². The lowest BCUT2D eigenvalue weighted by atomic mass is 9.73. The van der Waals surface area contributed by atoms with E-state index in [2.05, 4.69) is 30.5 Å². The number of hydrogen-bond donors (Lipinski definition) is 2. The Bertz CT molecular complexity index is 599. The smallest absolute Gasteiger partial charge is 0.226 e. The van der Waals surface area contributed by atoms with E-state index in [4.69, 9.17) is 0 Å². The molecule has 0 aromatic carbocycles. The number of aromatic nitrogens is 2. The molecule has 3 aliphatic heterocycles. The summed E-state index contributed by atoms with van der Waals surface area (Å²) in [5.74, 6) is 1.45. The van der Waals surface area contributed by atoms with E-state index in [1.165, 1.54) is 32.2 Å². The number of carbonyl (C=O) groups excluding carboxylic acids is 1. The van der Waals surface area contributed by atoms with Crippen LogP contribution in [0, 0.1) is 18.8 Å². The number of carbonyl (C=O) groups is 1. The number of nitrogens with one attached hydrogen (secondary N) is 2. The molecule has 3 saturated heterocycles. The molecule has 9 heteroatoms. The number of amides is 1. The minimum Gasteiger partial charge on any atom is -0.354 e. The van der Waals surface area contributed by atoms with E-state index in [0.717, 1.165) is 25.6 Å². The molecule has 26 heavy (non-hydrogen) atoms. The number of nitrogens with zero attached hydrogens (tertiary/aromatic N) is 3. The van der Waals surface area contributed by atoms with E-state index in [-0.39, 0.29) is 37.1 Å². The van der Waals surface area contributed by atoms with Crippen molar-refractivity contribution in [3.63, 3.8) is 0 Å². The molecular weight excluding hydrogens is 377 g/mol. The monoisotopic (exact) mass is 405 g/mol.